The van der Waals surface area contributed by atoms with E-state index in [1.807, 2.05) is 11.9 Å². The first-order chi connectivity index (χ1) is 12.4. The monoisotopic (exact) mass is 359 g/mol. The SMILES string of the molecule is Cc1ccc(C(=O)N2C[C@@H]3CN(C)C[C@]3(C(=O)N3CCCC3)C2)cc1F. The molecule has 2 amide bonds. The summed E-state index contributed by atoms with van der Waals surface area (Å²) in [7, 11) is 2.04. The highest BCUT2D eigenvalue weighted by molar-refractivity contribution is 5.96. The number of benzene rings is 1. The Morgan fingerprint density at radius 1 is 1.12 bits per heavy atom. The lowest BCUT2D eigenvalue weighted by Crippen LogP contribution is -2.49. The van der Waals surface area contributed by atoms with Crippen molar-refractivity contribution >= 4 is 11.8 Å². The van der Waals surface area contributed by atoms with Crippen molar-refractivity contribution in [1.29, 1.82) is 0 Å². The van der Waals surface area contributed by atoms with Crippen molar-refractivity contribution in [3.8, 4) is 0 Å². The summed E-state index contributed by atoms with van der Waals surface area (Å²) in [5, 5.41) is 0. The Kier molecular flexibility index (Phi) is 4.26. The molecule has 0 aromatic heterocycles. The van der Waals surface area contributed by atoms with Crippen LogP contribution in [0.25, 0.3) is 0 Å². The van der Waals surface area contributed by atoms with Crippen LogP contribution in [0, 0.1) is 24.1 Å². The summed E-state index contributed by atoms with van der Waals surface area (Å²) in [6.45, 7) is 5.86. The Bertz CT molecular complexity index is 747. The lowest BCUT2D eigenvalue weighted by atomic mass is 9.79. The van der Waals surface area contributed by atoms with E-state index in [0.29, 0.717) is 30.8 Å². The molecule has 0 unspecified atom stereocenters. The second-order valence-corrected chi connectivity index (χ2v) is 8.20. The van der Waals surface area contributed by atoms with Crippen LogP contribution < -0.4 is 0 Å². The minimum atomic E-state index is -0.502. The molecule has 26 heavy (non-hydrogen) atoms. The molecule has 6 heteroatoms. The zero-order valence-electron chi connectivity index (χ0n) is 15.5. The van der Waals surface area contributed by atoms with Crippen molar-refractivity contribution in [3.63, 3.8) is 0 Å². The van der Waals surface area contributed by atoms with E-state index in [1.54, 1.807) is 24.0 Å². The zero-order chi connectivity index (χ0) is 18.5. The summed E-state index contributed by atoms with van der Waals surface area (Å²) < 4.78 is 13.9. The van der Waals surface area contributed by atoms with Gasteiger partial charge in [-0.2, -0.15) is 0 Å². The topological polar surface area (TPSA) is 43.9 Å². The van der Waals surface area contributed by atoms with Crippen LogP contribution in [0.1, 0.15) is 28.8 Å². The molecule has 0 radical (unpaired) electrons. The molecule has 4 rings (SSSR count). The fraction of sp³-hybridized carbons (Fsp3) is 0.600. The van der Waals surface area contributed by atoms with Crippen LogP contribution in [-0.4, -0.2) is 72.8 Å². The largest absolute Gasteiger partial charge is 0.342 e. The molecule has 3 fully saturated rings. The normalized spacial score (nSPS) is 28.7. The summed E-state index contributed by atoms with van der Waals surface area (Å²) in [6, 6.07) is 4.63. The first kappa shape index (κ1) is 17.5. The molecule has 3 saturated heterocycles. The highest BCUT2D eigenvalue weighted by Gasteiger charge is 2.58. The van der Waals surface area contributed by atoms with Gasteiger partial charge >= 0.3 is 0 Å². The van der Waals surface area contributed by atoms with Crippen molar-refractivity contribution in [2.75, 3.05) is 46.3 Å². The number of carbonyl (C=O) groups excluding carboxylic acids is 2. The van der Waals surface area contributed by atoms with E-state index in [2.05, 4.69) is 4.90 Å². The minimum Gasteiger partial charge on any atom is -0.342 e. The molecule has 3 heterocycles. The third kappa shape index (κ3) is 2.71. The Hall–Kier alpha value is -1.95. The molecular formula is C20H26FN3O2. The van der Waals surface area contributed by atoms with Gasteiger partial charge in [0, 0.05) is 50.7 Å². The van der Waals surface area contributed by atoms with Crippen LogP contribution in [0.15, 0.2) is 18.2 Å². The maximum atomic E-state index is 13.9. The number of likely N-dealkylation sites (tertiary alicyclic amines) is 3. The number of amides is 2. The van der Waals surface area contributed by atoms with Gasteiger partial charge in [-0.3, -0.25) is 9.59 Å². The molecule has 0 spiro atoms. The van der Waals surface area contributed by atoms with Crippen LogP contribution in [0.2, 0.25) is 0 Å². The van der Waals surface area contributed by atoms with Gasteiger partial charge in [-0.15, -0.1) is 0 Å². The smallest absolute Gasteiger partial charge is 0.254 e. The van der Waals surface area contributed by atoms with E-state index in [4.69, 9.17) is 0 Å². The zero-order valence-corrected chi connectivity index (χ0v) is 15.5. The van der Waals surface area contributed by atoms with Crippen molar-refractivity contribution in [3.05, 3.63) is 35.1 Å². The first-order valence-corrected chi connectivity index (χ1v) is 9.44. The van der Waals surface area contributed by atoms with Crippen LogP contribution >= 0.6 is 0 Å². The van der Waals surface area contributed by atoms with Crippen LogP contribution in [0.3, 0.4) is 0 Å². The summed E-state index contributed by atoms with van der Waals surface area (Å²) >= 11 is 0. The average Bonchev–Trinajstić information content (AvgIpc) is 3.30. The number of aryl methyl sites for hydroxylation is 1. The van der Waals surface area contributed by atoms with Gasteiger partial charge in [0.05, 0.1) is 5.41 Å². The summed E-state index contributed by atoms with van der Waals surface area (Å²) in [4.78, 5) is 32.2. The number of fused-ring (bicyclic) bond motifs is 1. The van der Waals surface area contributed by atoms with Crippen molar-refractivity contribution in [1.82, 2.24) is 14.7 Å². The standard InChI is InChI=1S/C20H26FN3O2/c1-14-5-6-15(9-17(14)21)18(25)24-11-16-10-22(2)12-20(16,13-24)19(26)23-7-3-4-8-23/h5-6,9,16H,3-4,7-8,10-13H2,1-2H3/t16-,20-/m0/s1. The predicted octanol–water partition coefficient (Wildman–Crippen LogP) is 1.76. The van der Waals surface area contributed by atoms with Crippen molar-refractivity contribution in [2.24, 2.45) is 11.3 Å². The van der Waals surface area contributed by atoms with E-state index in [1.165, 1.54) is 6.07 Å². The van der Waals surface area contributed by atoms with Gasteiger partial charge in [0.15, 0.2) is 0 Å². The third-order valence-corrected chi connectivity index (χ3v) is 6.30. The molecular weight excluding hydrogens is 333 g/mol. The maximum Gasteiger partial charge on any atom is 0.254 e. The number of halogens is 1. The average molecular weight is 359 g/mol. The van der Waals surface area contributed by atoms with E-state index in [0.717, 1.165) is 32.5 Å². The highest BCUT2D eigenvalue weighted by atomic mass is 19.1. The summed E-state index contributed by atoms with van der Waals surface area (Å²) in [6.07, 6.45) is 2.13. The van der Waals surface area contributed by atoms with Gasteiger partial charge in [-0.05, 0) is 44.5 Å². The molecule has 0 bridgehead atoms. The minimum absolute atomic E-state index is 0.153. The van der Waals surface area contributed by atoms with Crippen LogP contribution in [0.4, 0.5) is 4.39 Å². The first-order valence-electron chi connectivity index (χ1n) is 9.44. The Morgan fingerprint density at radius 3 is 2.54 bits per heavy atom. The lowest BCUT2D eigenvalue weighted by Gasteiger charge is -2.32. The van der Waals surface area contributed by atoms with E-state index in [9.17, 15) is 14.0 Å². The molecule has 1 aromatic carbocycles. The second-order valence-electron chi connectivity index (χ2n) is 8.20. The molecule has 3 aliphatic heterocycles. The summed E-state index contributed by atoms with van der Waals surface area (Å²) in [5.41, 5.74) is 0.394. The predicted molar refractivity (Wildman–Crippen MR) is 96.3 cm³/mol. The van der Waals surface area contributed by atoms with Crippen molar-refractivity contribution < 1.29 is 14.0 Å². The Labute approximate surface area is 153 Å². The van der Waals surface area contributed by atoms with Crippen molar-refractivity contribution in [2.45, 2.75) is 19.8 Å². The molecule has 140 valence electrons. The van der Waals surface area contributed by atoms with Gasteiger partial charge in [-0.25, -0.2) is 4.39 Å². The van der Waals surface area contributed by atoms with Gasteiger partial charge in [0.2, 0.25) is 5.91 Å². The number of hydrogen-bond donors (Lipinski definition) is 0. The molecule has 2 atom stereocenters. The van der Waals surface area contributed by atoms with E-state index < -0.39 is 5.41 Å². The molecule has 0 saturated carbocycles. The molecule has 5 nitrogen and oxygen atoms in total. The highest BCUT2D eigenvalue weighted by Crippen LogP contribution is 2.44. The fourth-order valence-electron chi connectivity index (χ4n) is 4.92. The quantitative estimate of drug-likeness (QED) is 0.808. The Balaban J connectivity index is 1.58. The van der Waals surface area contributed by atoms with Crippen LogP contribution in [-0.2, 0) is 4.79 Å². The summed E-state index contributed by atoms with van der Waals surface area (Å²) in [5.74, 6) is -0.179. The van der Waals surface area contributed by atoms with Crippen LogP contribution in [0.5, 0.6) is 0 Å². The molecule has 0 N–H and O–H groups in total. The lowest BCUT2D eigenvalue weighted by molar-refractivity contribution is -0.141. The third-order valence-electron chi connectivity index (χ3n) is 6.30. The second kappa shape index (κ2) is 6.34. The van der Waals surface area contributed by atoms with Gasteiger partial charge in [0.25, 0.3) is 5.91 Å². The maximum absolute atomic E-state index is 13.9. The number of rotatable bonds is 2. The van der Waals surface area contributed by atoms with Gasteiger partial charge in [-0.1, -0.05) is 6.07 Å². The molecule has 3 aliphatic rings. The van der Waals surface area contributed by atoms with Gasteiger partial charge in [0.1, 0.15) is 5.82 Å². The number of carbonyl (C=O) groups is 2. The van der Waals surface area contributed by atoms with Gasteiger partial charge < -0.3 is 14.7 Å². The Morgan fingerprint density at radius 2 is 1.85 bits per heavy atom. The molecule has 1 aromatic rings. The van der Waals surface area contributed by atoms with E-state index >= 15 is 0 Å². The number of nitrogens with zero attached hydrogens (tertiary/aromatic N) is 3. The molecule has 0 aliphatic carbocycles. The van der Waals surface area contributed by atoms with E-state index in [-0.39, 0.29) is 23.5 Å². The number of hydrogen-bond acceptors (Lipinski definition) is 3. The fourth-order valence-corrected chi connectivity index (χ4v) is 4.92.